The first kappa shape index (κ1) is 18.2. The molecule has 0 atom stereocenters. The number of carbonyl (C=O) groups excluding carboxylic acids is 1. The Labute approximate surface area is 167 Å². The summed E-state index contributed by atoms with van der Waals surface area (Å²) in [7, 11) is 0. The molecule has 3 aromatic carbocycles. The summed E-state index contributed by atoms with van der Waals surface area (Å²) in [6.07, 6.45) is 3.01. The highest BCUT2D eigenvalue weighted by Crippen LogP contribution is 2.23. The maximum atomic E-state index is 12.3. The molecule has 4 aromatic rings. The Hall–Kier alpha value is -4.13. The molecule has 7 heteroatoms. The topological polar surface area (TPSA) is 78.3 Å². The lowest BCUT2D eigenvalue weighted by atomic mass is 10.2. The van der Waals surface area contributed by atoms with Crippen molar-refractivity contribution in [2.75, 3.05) is 11.9 Å². The van der Waals surface area contributed by atoms with E-state index in [1.165, 1.54) is 6.33 Å². The molecule has 4 rings (SSSR count). The first-order valence-electron chi connectivity index (χ1n) is 8.97. The summed E-state index contributed by atoms with van der Waals surface area (Å²) >= 11 is 0. The molecule has 0 aliphatic rings. The van der Waals surface area contributed by atoms with Crippen LogP contribution in [0.2, 0.25) is 0 Å². The normalized spacial score (nSPS) is 10.3. The second kappa shape index (κ2) is 8.71. The molecular formula is C22H18N4O3. The molecule has 1 amide bonds. The molecule has 0 unspecified atom stereocenters. The Bertz CT molecular complexity index is 1060. The Morgan fingerprint density at radius 2 is 1.55 bits per heavy atom. The third-order valence-electron chi connectivity index (χ3n) is 4.02. The van der Waals surface area contributed by atoms with Gasteiger partial charge >= 0.3 is 0 Å². The first-order valence-corrected chi connectivity index (χ1v) is 8.97. The minimum absolute atomic E-state index is 0.120. The molecule has 0 aliphatic carbocycles. The maximum absolute atomic E-state index is 12.3. The second-order valence-electron chi connectivity index (χ2n) is 6.08. The number of ether oxygens (including phenoxy) is 2. The van der Waals surface area contributed by atoms with Gasteiger partial charge in [-0.15, -0.1) is 0 Å². The molecule has 1 heterocycles. The van der Waals surface area contributed by atoms with Crippen LogP contribution in [0.25, 0.3) is 5.69 Å². The summed E-state index contributed by atoms with van der Waals surface area (Å²) in [6.45, 7) is -0.120. The number of carbonyl (C=O) groups is 1. The summed E-state index contributed by atoms with van der Waals surface area (Å²) in [4.78, 5) is 16.2. The minimum Gasteiger partial charge on any atom is -0.484 e. The van der Waals surface area contributed by atoms with E-state index >= 15 is 0 Å². The molecule has 0 aliphatic heterocycles. The van der Waals surface area contributed by atoms with Gasteiger partial charge in [0.25, 0.3) is 5.91 Å². The fourth-order valence-electron chi connectivity index (χ4n) is 2.68. The molecule has 0 radical (unpaired) electrons. The second-order valence-corrected chi connectivity index (χ2v) is 6.08. The van der Waals surface area contributed by atoms with Gasteiger partial charge in [-0.25, -0.2) is 9.67 Å². The summed E-state index contributed by atoms with van der Waals surface area (Å²) in [5.74, 6) is 1.74. The highest BCUT2D eigenvalue weighted by molar-refractivity contribution is 5.93. The minimum atomic E-state index is -0.276. The number of benzene rings is 3. The van der Waals surface area contributed by atoms with Crippen molar-refractivity contribution in [2.24, 2.45) is 0 Å². The van der Waals surface area contributed by atoms with Crippen LogP contribution >= 0.6 is 0 Å². The summed E-state index contributed by atoms with van der Waals surface area (Å²) in [6, 6.07) is 24.0. The van der Waals surface area contributed by atoms with E-state index in [4.69, 9.17) is 9.47 Å². The van der Waals surface area contributed by atoms with Crippen molar-refractivity contribution in [1.29, 1.82) is 0 Å². The Morgan fingerprint density at radius 1 is 0.862 bits per heavy atom. The molecule has 144 valence electrons. The van der Waals surface area contributed by atoms with Crippen molar-refractivity contribution in [3.05, 3.63) is 91.5 Å². The monoisotopic (exact) mass is 386 g/mol. The summed E-state index contributed by atoms with van der Waals surface area (Å²) in [5.41, 5.74) is 1.35. The van der Waals surface area contributed by atoms with Crippen LogP contribution in [-0.4, -0.2) is 27.3 Å². The zero-order valence-electron chi connectivity index (χ0n) is 15.4. The fraction of sp³-hybridized carbons (Fsp3) is 0.0455. The van der Waals surface area contributed by atoms with Crippen LogP contribution in [0.4, 0.5) is 5.69 Å². The number of amides is 1. The van der Waals surface area contributed by atoms with E-state index in [2.05, 4.69) is 15.4 Å². The number of hydrogen-bond acceptors (Lipinski definition) is 5. The highest BCUT2D eigenvalue weighted by atomic mass is 16.5. The summed E-state index contributed by atoms with van der Waals surface area (Å²) in [5, 5.41) is 6.93. The van der Waals surface area contributed by atoms with Crippen LogP contribution in [0, 0.1) is 0 Å². The van der Waals surface area contributed by atoms with E-state index in [1.54, 1.807) is 41.3 Å². The van der Waals surface area contributed by atoms with Gasteiger partial charge in [0.15, 0.2) is 6.61 Å². The van der Waals surface area contributed by atoms with Crippen molar-refractivity contribution in [1.82, 2.24) is 14.8 Å². The smallest absolute Gasteiger partial charge is 0.262 e. The van der Waals surface area contributed by atoms with Crippen LogP contribution in [0.3, 0.4) is 0 Å². The van der Waals surface area contributed by atoms with Gasteiger partial charge in [-0.2, -0.15) is 5.10 Å². The van der Waals surface area contributed by atoms with Gasteiger partial charge in [0.2, 0.25) is 0 Å². The molecule has 0 saturated heterocycles. The van der Waals surface area contributed by atoms with Crippen LogP contribution in [0.1, 0.15) is 0 Å². The molecular weight excluding hydrogens is 368 g/mol. The molecule has 1 N–H and O–H groups in total. The van der Waals surface area contributed by atoms with Crippen LogP contribution in [-0.2, 0) is 4.79 Å². The summed E-state index contributed by atoms with van der Waals surface area (Å²) < 4.78 is 12.9. The third-order valence-corrected chi connectivity index (χ3v) is 4.02. The van der Waals surface area contributed by atoms with Crippen molar-refractivity contribution < 1.29 is 14.3 Å². The lowest BCUT2D eigenvalue weighted by Gasteiger charge is -2.11. The predicted octanol–water partition coefficient (Wildman–Crippen LogP) is 4.08. The van der Waals surface area contributed by atoms with Crippen molar-refractivity contribution in [3.8, 4) is 22.9 Å². The predicted molar refractivity (Wildman–Crippen MR) is 108 cm³/mol. The number of aromatic nitrogens is 3. The quantitative estimate of drug-likeness (QED) is 0.518. The molecule has 0 spiro atoms. The SMILES string of the molecule is O=C(COc1ccc(Oc2ccccc2)cc1)Nc1ccccc1-n1cncn1. The highest BCUT2D eigenvalue weighted by Gasteiger charge is 2.09. The van der Waals surface area contributed by atoms with E-state index in [9.17, 15) is 4.79 Å². The lowest BCUT2D eigenvalue weighted by molar-refractivity contribution is -0.118. The van der Waals surface area contributed by atoms with E-state index in [-0.39, 0.29) is 12.5 Å². The Kier molecular flexibility index (Phi) is 5.48. The molecule has 1 aromatic heterocycles. The van der Waals surface area contributed by atoms with Crippen LogP contribution < -0.4 is 14.8 Å². The lowest BCUT2D eigenvalue weighted by Crippen LogP contribution is -2.21. The molecule has 29 heavy (non-hydrogen) atoms. The average Bonchev–Trinajstić information content (AvgIpc) is 3.29. The number of hydrogen-bond donors (Lipinski definition) is 1. The van der Waals surface area contributed by atoms with Gasteiger partial charge < -0.3 is 14.8 Å². The molecule has 0 fully saturated rings. The first-order chi connectivity index (χ1) is 14.3. The van der Waals surface area contributed by atoms with Gasteiger partial charge in [-0.1, -0.05) is 30.3 Å². The van der Waals surface area contributed by atoms with Gasteiger partial charge in [-0.3, -0.25) is 4.79 Å². The van der Waals surface area contributed by atoms with Gasteiger partial charge in [0, 0.05) is 0 Å². The standard InChI is InChI=1S/C22H18N4O3/c27-22(25-20-8-4-5-9-21(20)26-16-23-15-24-26)14-28-17-10-12-19(13-11-17)29-18-6-2-1-3-7-18/h1-13,15-16H,14H2,(H,25,27). The van der Waals surface area contributed by atoms with Crippen LogP contribution in [0.5, 0.6) is 17.2 Å². The van der Waals surface area contributed by atoms with Gasteiger partial charge in [0.1, 0.15) is 29.9 Å². The molecule has 0 bridgehead atoms. The fourth-order valence-corrected chi connectivity index (χ4v) is 2.68. The Morgan fingerprint density at radius 3 is 2.31 bits per heavy atom. The van der Waals surface area contributed by atoms with Crippen molar-refractivity contribution >= 4 is 11.6 Å². The van der Waals surface area contributed by atoms with Crippen LogP contribution in [0.15, 0.2) is 91.5 Å². The van der Waals surface area contributed by atoms with Gasteiger partial charge in [-0.05, 0) is 48.5 Å². The average molecular weight is 386 g/mol. The number of rotatable bonds is 7. The number of nitrogens with zero attached hydrogens (tertiary/aromatic N) is 3. The number of nitrogens with one attached hydrogen (secondary N) is 1. The van der Waals surface area contributed by atoms with E-state index < -0.39 is 0 Å². The van der Waals surface area contributed by atoms with Crippen molar-refractivity contribution in [3.63, 3.8) is 0 Å². The van der Waals surface area contributed by atoms with E-state index in [0.717, 1.165) is 11.4 Å². The zero-order chi connectivity index (χ0) is 19.9. The molecule has 0 saturated carbocycles. The zero-order valence-corrected chi connectivity index (χ0v) is 15.4. The molecule has 7 nitrogen and oxygen atoms in total. The van der Waals surface area contributed by atoms with Crippen molar-refractivity contribution in [2.45, 2.75) is 0 Å². The number of anilines is 1. The van der Waals surface area contributed by atoms with E-state index in [0.29, 0.717) is 17.2 Å². The largest absolute Gasteiger partial charge is 0.484 e. The third kappa shape index (κ3) is 4.78. The van der Waals surface area contributed by atoms with Gasteiger partial charge in [0.05, 0.1) is 11.4 Å². The van der Waals surface area contributed by atoms with E-state index in [1.807, 2.05) is 48.5 Å². The Balaban J connectivity index is 1.33. The maximum Gasteiger partial charge on any atom is 0.262 e. The number of para-hydroxylation sites is 3.